The number of carbonyl (C=O) groups excluding carboxylic acids is 3. The lowest BCUT2D eigenvalue weighted by Crippen LogP contribution is -2.20. The molecule has 6 heteroatoms. The minimum absolute atomic E-state index is 0.128. The minimum atomic E-state index is -0.641. The van der Waals surface area contributed by atoms with Crippen molar-refractivity contribution in [3.63, 3.8) is 0 Å². The summed E-state index contributed by atoms with van der Waals surface area (Å²) in [4.78, 5) is 33.1. The van der Waals surface area contributed by atoms with Gasteiger partial charge < -0.3 is 14.2 Å². The van der Waals surface area contributed by atoms with E-state index >= 15 is 0 Å². The van der Waals surface area contributed by atoms with E-state index in [0.29, 0.717) is 0 Å². The molecule has 1 unspecified atom stereocenters. The number of methoxy groups -OCH3 is 1. The summed E-state index contributed by atoms with van der Waals surface area (Å²) < 4.78 is 13.6. The fourth-order valence-corrected chi connectivity index (χ4v) is 0.865. The van der Waals surface area contributed by atoms with Gasteiger partial charge in [0.15, 0.2) is 0 Å². The third-order valence-electron chi connectivity index (χ3n) is 1.83. The Bertz CT molecular complexity index is 320. The average molecular weight is 244 g/mol. The van der Waals surface area contributed by atoms with Crippen LogP contribution in [-0.4, -0.2) is 31.8 Å². The molecule has 0 fully saturated rings. The molecule has 0 N–H and O–H groups in total. The first kappa shape index (κ1) is 15.2. The van der Waals surface area contributed by atoms with Crippen molar-refractivity contribution in [1.29, 1.82) is 0 Å². The van der Waals surface area contributed by atoms with Gasteiger partial charge in [-0.05, 0) is 6.92 Å². The summed E-state index contributed by atoms with van der Waals surface area (Å²) in [6.45, 7) is 5.88. The first-order chi connectivity index (χ1) is 7.88. The van der Waals surface area contributed by atoms with Gasteiger partial charge in [-0.3, -0.25) is 9.59 Å². The lowest BCUT2D eigenvalue weighted by Gasteiger charge is -2.09. The predicted molar refractivity (Wildman–Crippen MR) is 57.7 cm³/mol. The fraction of sp³-hybridized carbons (Fsp3) is 0.545. The molecule has 0 spiro atoms. The van der Waals surface area contributed by atoms with Crippen LogP contribution in [0.5, 0.6) is 0 Å². The van der Waals surface area contributed by atoms with Crippen LogP contribution in [0, 0.1) is 5.92 Å². The van der Waals surface area contributed by atoms with Gasteiger partial charge >= 0.3 is 17.9 Å². The summed E-state index contributed by atoms with van der Waals surface area (Å²) in [5, 5.41) is 0. The molecule has 1 atom stereocenters. The van der Waals surface area contributed by atoms with Crippen LogP contribution in [-0.2, 0) is 28.6 Å². The first-order valence-electron chi connectivity index (χ1n) is 4.94. The summed E-state index contributed by atoms with van der Waals surface area (Å²) in [6.07, 6.45) is -0.128. The van der Waals surface area contributed by atoms with Crippen molar-refractivity contribution >= 4 is 17.9 Å². The number of rotatable bonds is 6. The van der Waals surface area contributed by atoms with Gasteiger partial charge in [-0.2, -0.15) is 0 Å². The van der Waals surface area contributed by atoms with Gasteiger partial charge in [-0.1, -0.05) is 13.5 Å². The van der Waals surface area contributed by atoms with Gasteiger partial charge in [0.25, 0.3) is 0 Å². The quantitative estimate of drug-likeness (QED) is 0.391. The van der Waals surface area contributed by atoms with Crippen molar-refractivity contribution in [3.8, 4) is 0 Å². The van der Waals surface area contributed by atoms with Gasteiger partial charge in [-0.15, -0.1) is 0 Å². The van der Waals surface area contributed by atoms with Crippen LogP contribution in [0.1, 0.15) is 20.3 Å². The monoisotopic (exact) mass is 244 g/mol. The van der Waals surface area contributed by atoms with Crippen LogP contribution < -0.4 is 0 Å². The van der Waals surface area contributed by atoms with Crippen LogP contribution in [0.15, 0.2) is 12.2 Å². The maximum atomic E-state index is 11.2. The summed E-state index contributed by atoms with van der Waals surface area (Å²) >= 11 is 0. The zero-order chi connectivity index (χ0) is 13.4. The van der Waals surface area contributed by atoms with E-state index in [9.17, 15) is 14.4 Å². The molecule has 0 aromatic carbocycles. The summed E-state index contributed by atoms with van der Waals surface area (Å²) in [5.74, 6) is -2.37. The van der Waals surface area contributed by atoms with E-state index in [0.717, 1.165) is 0 Å². The van der Waals surface area contributed by atoms with Crippen LogP contribution in [0.4, 0.5) is 0 Å². The van der Waals surface area contributed by atoms with E-state index in [1.165, 1.54) is 21.0 Å². The minimum Gasteiger partial charge on any atom is -0.469 e. The normalized spacial score (nSPS) is 11.2. The highest BCUT2D eigenvalue weighted by Crippen LogP contribution is 2.05. The Morgan fingerprint density at radius 3 is 2.29 bits per heavy atom. The van der Waals surface area contributed by atoms with Crippen LogP contribution in [0.2, 0.25) is 0 Å². The lowest BCUT2D eigenvalue weighted by atomic mass is 10.1. The van der Waals surface area contributed by atoms with E-state index in [1.807, 2.05) is 0 Å². The largest absolute Gasteiger partial charge is 0.469 e. The fourth-order valence-electron chi connectivity index (χ4n) is 0.865. The molecule has 0 radical (unpaired) electrons. The molecule has 17 heavy (non-hydrogen) atoms. The third kappa shape index (κ3) is 6.34. The van der Waals surface area contributed by atoms with Crippen LogP contribution >= 0.6 is 0 Å². The molecule has 0 aliphatic carbocycles. The topological polar surface area (TPSA) is 78.9 Å². The van der Waals surface area contributed by atoms with Crippen molar-refractivity contribution in [2.45, 2.75) is 20.3 Å². The number of hydrogen-bond donors (Lipinski definition) is 0. The van der Waals surface area contributed by atoms with E-state index in [1.54, 1.807) is 0 Å². The lowest BCUT2D eigenvalue weighted by molar-refractivity contribution is -0.167. The van der Waals surface area contributed by atoms with Crippen LogP contribution in [0.3, 0.4) is 0 Å². The van der Waals surface area contributed by atoms with Gasteiger partial charge in [0.2, 0.25) is 6.79 Å². The number of carbonyl (C=O) groups is 3. The van der Waals surface area contributed by atoms with Gasteiger partial charge in [0.1, 0.15) is 0 Å². The van der Waals surface area contributed by atoms with E-state index in [4.69, 9.17) is 0 Å². The SMILES string of the molecule is C=C(C)C(=O)OCOC(=O)CC(C)C(=O)OC. The van der Waals surface area contributed by atoms with E-state index in [2.05, 4.69) is 20.8 Å². The first-order valence-corrected chi connectivity index (χ1v) is 4.94. The zero-order valence-electron chi connectivity index (χ0n) is 10.1. The van der Waals surface area contributed by atoms with Gasteiger partial charge in [0, 0.05) is 5.57 Å². The standard InChI is InChI=1S/C11H16O6/c1-7(2)10(13)17-6-16-9(12)5-8(3)11(14)15-4/h8H,1,5-6H2,2-4H3. The molecule has 0 rings (SSSR count). The number of ether oxygens (including phenoxy) is 3. The molecule has 96 valence electrons. The molecule has 6 nitrogen and oxygen atoms in total. The van der Waals surface area contributed by atoms with Crippen molar-refractivity contribution in [1.82, 2.24) is 0 Å². The van der Waals surface area contributed by atoms with Crippen molar-refractivity contribution in [2.24, 2.45) is 5.92 Å². The molecule has 0 saturated heterocycles. The predicted octanol–water partition coefficient (Wildman–Crippen LogP) is 0.806. The van der Waals surface area contributed by atoms with E-state index < -0.39 is 30.6 Å². The Morgan fingerprint density at radius 1 is 1.24 bits per heavy atom. The second-order valence-corrected chi connectivity index (χ2v) is 3.47. The Hall–Kier alpha value is -1.85. The molecular formula is C11H16O6. The maximum absolute atomic E-state index is 11.2. The molecule has 0 aromatic rings. The molecule has 0 bridgehead atoms. The Labute approximate surface area is 99.5 Å². The third-order valence-corrected chi connectivity index (χ3v) is 1.83. The molecule has 0 amide bonds. The number of hydrogen-bond acceptors (Lipinski definition) is 6. The van der Waals surface area contributed by atoms with Gasteiger partial charge in [-0.25, -0.2) is 4.79 Å². The van der Waals surface area contributed by atoms with Crippen LogP contribution in [0.25, 0.3) is 0 Å². The Morgan fingerprint density at radius 2 is 1.82 bits per heavy atom. The van der Waals surface area contributed by atoms with Crippen molar-refractivity contribution < 1.29 is 28.6 Å². The Balaban J connectivity index is 3.85. The molecule has 0 heterocycles. The maximum Gasteiger partial charge on any atom is 0.335 e. The van der Waals surface area contributed by atoms with E-state index in [-0.39, 0.29) is 12.0 Å². The number of esters is 3. The average Bonchev–Trinajstić information content (AvgIpc) is 2.27. The highest BCUT2D eigenvalue weighted by molar-refractivity contribution is 5.87. The molecule has 0 saturated carbocycles. The summed E-state index contributed by atoms with van der Waals surface area (Å²) in [7, 11) is 1.23. The second-order valence-electron chi connectivity index (χ2n) is 3.47. The smallest absolute Gasteiger partial charge is 0.335 e. The summed E-state index contributed by atoms with van der Waals surface area (Å²) in [6, 6.07) is 0. The molecule has 0 aliphatic rings. The van der Waals surface area contributed by atoms with Crippen molar-refractivity contribution in [2.75, 3.05) is 13.9 Å². The molecule has 0 aromatic heterocycles. The Kier molecular flexibility index (Phi) is 6.62. The van der Waals surface area contributed by atoms with Gasteiger partial charge in [0.05, 0.1) is 19.4 Å². The van der Waals surface area contributed by atoms with Crippen molar-refractivity contribution in [3.05, 3.63) is 12.2 Å². The highest BCUT2D eigenvalue weighted by atomic mass is 16.7. The molecular weight excluding hydrogens is 228 g/mol. The zero-order valence-corrected chi connectivity index (χ0v) is 10.1. The highest BCUT2D eigenvalue weighted by Gasteiger charge is 2.18. The molecule has 0 aliphatic heterocycles. The second kappa shape index (κ2) is 7.43. The summed E-state index contributed by atoms with van der Waals surface area (Å²) in [5.41, 5.74) is 0.212.